The van der Waals surface area contributed by atoms with Gasteiger partial charge in [-0.1, -0.05) is 35.4 Å². The molecule has 0 aliphatic rings. The van der Waals surface area contributed by atoms with E-state index < -0.39 is 22.8 Å². The highest BCUT2D eigenvalue weighted by Gasteiger charge is 2.13. The van der Waals surface area contributed by atoms with E-state index >= 15 is 0 Å². The van der Waals surface area contributed by atoms with Gasteiger partial charge < -0.3 is 30.5 Å². The van der Waals surface area contributed by atoms with Crippen LogP contribution in [0.25, 0.3) is 17.0 Å². The van der Waals surface area contributed by atoms with Gasteiger partial charge in [0, 0.05) is 167 Å². The zero-order valence-corrected chi connectivity index (χ0v) is 81.5. The molecule has 35 nitrogen and oxygen atoms in total. The largest absolute Gasteiger partial charge is 0.481 e. The predicted molar refractivity (Wildman–Crippen MR) is 509 cm³/mol. The third-order valence-electron chi connectivity index (χ3n) is 17.4. The fraction of sp³-hybridized carbons (Fsp3) is 0.206. The number of carbonyl (C=O) groups is 6. The van der Waals surface area contributed by atoms with Crippen LogP contribution in [-0.2, 0) is 144 Å². The van der Waals surface area contributed by atoms with E-state index in [0.717, 1.165) is 81.2 Å². The Morgan fingerprint density at radius 2 is 0.971 bits per heavy atom. The fourth-order valence-electron chi connectivity index (χ4n) is 10.4. The lowest BCUT2D eigenvalue weighted by atomic mass is 10.1. The van der Waals surface area contributed by atoms with Crippen molar-refractivity contribution in [2.24, 2.45) is 90.3 Å². The molecule has 13 aromatic rings. The molecule has 0 spiro atoms. The standard InChI is InChI=1S/C14H14NO2.C10H14NO2.C9H9NO2.C8H6N3.C8H9N2O2.2C8H9N2.C8H11NO3S.C8H9NO2S.C7H8N2O.C7H7N2.C7H7NO2/c1-15-9-5-8-13(10-15)14(16)17-11-12-6-3-2-4-7-12;1-11-7-3-4-9(8-11)5-6-10(12)13-2;1-10-6-4-8(5-7-10)2-3-9(11)12;1-11-3-2-7(4-9)8(5-10)6-11;1-9-5-2-3-8(7-9)4-6-10(11)12;1-7-3-8(4-9)6-10(2)5-7;1-10-6-2-3-8(7-10)4-5-9;1-9-5-2-8(3-6-9)4-7-13-12-11-10;1-9-4-2-7(3-5-9)12-6-8(10)11;1-9-4-2-6(3-5-9)7(8)10;1-8-7-3-5-9(2)6-4-7;1-8-4-2-6(3-5-8)7(9)10/h2-10H,11H2,1H3;3-4,7-8H,5-6H2,1-2H3;2-7H,1H3;2-3,6H,1H3;2-7H,1H3;3,5-6H,1-2H3;2-3,6-7H,4H2,1H3;2-3,5-6H,4,7H2,1H3;2-5H,6H2,1H3;2-5H,1H3,(H-,8,10);3-6H,2H3;2-5H,1H3/q2*+1;;4*+1;;;;+1;/p+5/b;;3-2+;;6-4+;;;;;;;. The van der Waals surface area contributed by atoms with Gasteiger partial charge in [-0.2, -0.15) is 21.0 Å². The van der Waals surface area contributed by atoms with Crippen molar-refractivity contribution >= 4 is 77.4 Å². The van der Waals surface area contributed by atoms with Crippen LogP contribution in [0.15, 0.2) is 330 Å². The Morgan fingerprint density at radius 3 is 1.45 bits per heavy atom. The Hall–Kier alpha value is -17.3. The van der Waals surface area contributed by atoms with Crippen molar-refractivity contribution in [2.45, 2.75) is 44.1 Å². The maximum atomic E-state index is 11.7. The molecule has 1 aromatic carbocycles. The number of esters is 2. The number of nitrogens with two attached hydrogens (primary N) is 1. The SMILES string of the molecule is COC(=O)CCc1ccc[n+](C)c1.C[n+]1ccc(/C=C/C(=O)O)cc1.C[n+]1ccc(C#N)c(C#N)c1.C[n+]1ccc(C(=O)O)cc1.C[n+]1ccc(C(N)=O)cc1.C[n+]1ccc(CCSOOO)cc1.C[n+]1ccc(SCC(=O)O)cc1.C[n+]1cccc(/C=C/[N+](=O)[O-])c1.C[n+]1cccc(C(=O)OCc2ccccc2)c1.C[n+]1cccc(CC#N)c1.Cc1cc(C#N)c[n+](C)c1.[C-]#[N+]c1cc[n+](C)cc1. The maximum absolute atomic E-state index is 11.7. The molecular weight excluding hydrogens is 1810 g/mol. The molecule has 0 aliphatic heterocycles. The first-order valence-corrected chi connectivity index (χ1v) is 43.7. The minimum atomic E-state index is -0.928. The smallest absolute Gasteiger partial charge is 0.344 e. The number of aliphatic carboxylic acids is 2. The number of carboxylic acids is 3. The molecule has 0 saturated carbocycles. The predicted octanol–water partition coefficient (Wildman–Crippen LogP) is 8.07. The number of amides is 1. The van der Waals surface area contributed by atoms with Crippen LogP contribution >= 0.6 is 23.8 Å². The molecule has 13 rings (SSSR count). The number of ether oxygens (including phenoxy) is 2. The highest BCUT2D eigenvalue weighted by Crippen LogP contribution is 2.15. The number of aromatic nitrogens is 12. The van der Waals surface area contributed by atoms with Crippen molar-refractivity contribution in [3.8, 4) is 24.3 Å². The number of thioether (sulfide) groups is 1. The Morgan fingerprint density at radius 1 is 0.489 bits per heavy atom. The Bertz CT molecular complexity index is 6200. The molecule has 37 heteroatoms. The van der Waals surface area contributed by atoms with Crippen LogP contribution < -0.4 is 60.5 Å². The van der Waals surface area contributed by atoms with Gasteiger partial charge in [0.2, 0.25) is 12.1 Å². The van der Waals surface area contributed by atoms with Crippen molar-refractivity contribution in [1.29, 1.82) is 21.0 Å². The molecule has 0 unspecified atom stereocenters. The Balaban J connectivity index is 0.000000515. The number of rotatable bonds is 21. The molecule has 12 aromatic heterocycles. The van der Waals surface area contributed by atoms with Crippen LogP contribution in [0.1, 0.15) is 93.1 Å². The molecule has 0 atom stereocenters. The number of carboxylic acid groups (broad SMARTS) is 3. The maximum Gasteiger partial charge on any atom is 0.344 e. The number of primary amides is 1. The van der Waals surface area contributed by atoms with Crippen LogP contribution in [0, 0.1) is 68.9 Å². The zero-order valence-electron chi connectivity index (χ0n) is 79.8. The minimum Gasteiger partial charge on any atom is -0.481 e. The quantitative estimate of drug-likeness (QED) is 0.00433. The molecule has 716 valence electrons. The van der Waals surface area contributed by atoms with E-state index in [4.69, 9.17) is 58.7 Å². The van der Waals surface area contributed by atoms with Gasteiger partial charge in [0.15, 0.2) is 154 Å². The third kappa shape index (κ3) is 57.7. The van der Waals surface area contributed by atoms with E-state index in [1.807, 2.05) is 351 Å². The van der Waals surface area contributed by atoms with Gasteiger partial charge in [-0.15, -0.1) is 16.1 Å². The van der Waals surface area contributed by atoms with E-state index in [2.05, 4.69) is 31.1 Å². The van der Waals surface area contributed by atoms with Gasteiger partial charge in [0.25, 0.3) is 0 Å². The molecule has 139 heavy (non-hydrogen) atoms. The number of nitriles is 4. The van der Waals surface area contributed by atoms with Gasteiger partial charge in [0.1, 0.15) is 126 Å². The van der Waals surface area contributed by atoms with E-state index in [9.17, 15) is 38.9 Å². The fourth-order valence-corrected chi connectivity index (χ4v) is 11.5. The number of nitrogens with zero attached hydrogens (tertiary/aromatic N) is 18. The highest BCUT2D eigenvalue weighted by molar-refractivity contribution is 8.00. The van der Waals surface area contributed by atoms with Crippen LogP contribution in [0.2, 0.25) is 0 Å². The third-order valence-corrected chi connectivity index (χ3v) is 18.9. The van der Waals surface area contributed by atoms with Crippen molar-refractivity contribution in [3.05, 3.63) is 419 Å². The van der Waals surface area contributed by atoms with E-state index in [1.54, 1.807) is 126 Å². The summed E-state index contributed by atoms with van der Waals surface area (Å²) in [4.78, 5) is 77.5. The lowest BCUT2D eigenvalue weighted by Gasteiger charge is -2.03. The summed E-state index contributed by atoms with van der Waals surface area (Å²) in [7, 11) is 24.2. The van der Waals surface area contributed by atoms with Crippen molar-refractivity contribution in [3.63, 3.8) is 0 Å². The lowest BCUT2D eigenvalue weighted by molar-refractivity contribution is -0.672. The highest BCUT2D eigenvalue weighted by atomic mass is 32.2. The summed E-state index contributed by atoms with van der Waals surface area (Å²) in [5.41, 5.74) is 15.9. The summed E-state index contributed by atoms with van der Waals surface area (Å²) in [6.07, 6.45) is 52.0. The summed E-state index contributed by atoms with van der Waals surface area (Å²) in [6.45, 7) is 8.91. The number of carbonyl (C=O) groups excluding carboxylic acids is 3. The summed E-state index contributed by atoms with van der Waals surface area (Å²) in [5.74, 6) is -2.59. The Kier molecular flexibility index (Phi) is 59.0. The number of hydrogen-bond donors (Lipinski definition) is 5. The van der Waals surface area contributed by atoms with Crippen LogP contribution in [-0.4, -0.2) is 79.9 Å². The summed E-state index contributed by atoms with van der Waals surface area (Å²) >= 11 is 2.40. The van der Waals surface area contributed by atoms with Crippen molar-refractivity contribution in [1.82, 2.24) is 0 Å². The second-order valence-electron chi connectivity index (χ2n) is 29.4. The molecule has 1 amide bonds. The molecular formula is C102H117N19O16S2+12. The summed E-state index contributed by atoms with van der Waals surface area (Å²) in [5, 5.41) is 80.5. The van der Waals surface area contributed by atoms with Crippen LogP contribution in [0.5, 0.6) is 0 Å². The van der Waals surface area contributed by atoms with Gasteiger partial charge in [0.05, 0.1) is 53.5 Å². The van der Waals surface area contributed by atoms with Gasteiger partial charge in [-0.3, -0.25) is 24.5 Å². The zero-order chi connectivity index (χ0) is 103. The second kappa shape index (κ2) is 69.6. The van der Waals surface area contributed by atoms with Crippen molar-refractivity contribution < 1.29 is 128 Å². The first kappa shape index (κ1) is 118. The molecule has 6 N–H and O–H groups in total. The number of pyridine rings is 12. The van der Waals surface area contributed by atoms with Gasteiger partial charge >= 0.3 is 29.8 Å². The Labute approximate surface area is 817 Å². The average molecular weight is 1930 g/mol. The number of hydrogen-bond acceptors (Lipinski definition) is 19. The lowest BCUT2D eigenvalue weighted by Crippen LogP contribution is -2.28. The number of methoxy groups -OCH3 is 1. The number of aryl methyl sites for hydroxylation is 15. The van der Waals surface area contributed by atoms with Crippen LogP contribution in [0.4, 0.5) is 5.69 Å². The van der Waals surface area contributed by atoms with Crippen LogP contribution in [0.3, 0.4) is 0 Å². The summed E-state index contributed by atoms with van der Waals surface area (Å²) in [6, 6.07) is 57.9. The van der Waals surface area contributed by atoms with E-state index in [0.29, 0.717) is 58.5 Å². The summed E-state index contributed by atoms with van der Waals surface area (Å²) < 4.78 is 36.5. The molecule has 0 bridgehead atoms. The van der Waals surface area contributed by atoms with E-state index in [1.165, 1.54) is 30.5 Å². The molecule has 0 fully saturated rings. The topological polar surface area (TPSA) is 436 Å². The van der Waals surface area contributed by atoms with Crippen molar-refractivity contribution in [2.75, 3.05) is 18.6 Å². The molecule has 12 heterocycles. The average Bonchev–Trinajstić information content (AvgIpc) is 0.895. The van der Waals surface area contributed by atoms with E-state index in [-0.39, 0.29) is 23.6 Å². The second-order valence-corrected chi connectivity index (χ2v) is 31.2. The number of benzene rings is 1. The van der Waals surface area contributed by atoms with Gasteiger partial charge in [-0.05, 0) is 72.9 Å². The first-order chi connectivity index (χ1) is 66.4. The molecule has 0 aliphatic carbocycles. The molecule has 0 radical (unpaired) electrons. The first-order valence-electron chi connectivity index (χ1n) is 41.8. The number of aromatic carboxylic acids is 1. The number of nitro groups is 1. The monoisotopic (exact) mass is 1930 g/mol. The minimum absolute atomic E-state index is 0.119. The normalized spacial score (nSPS) is 9.54. The van der Waals surface area contributed by atoms with Gasteiger partial charge in [-0.25, -0.2) is 79.3 Å². The molecule has 0 saturated heterocycles.